The second-order valence-electron chi connectivity index (χ2n) is 4.38. The van der Waals surface area contributed by atoms with Crippen LogP contribution in [0.25, 0.3) is 0 Å². The van der Waals surface area contributed by atoms with Gasteiger partial charge in [-0.05, 0) is 17.7 Å². The van der Waals surface area contributed by atoms with Crippen LogP contribution in [-0.4, -0.2) is 41.1 Å². The summed E-state index contributed by atoms with van der Waals surface area (Å²) < 4.78 is 0. The Morgan fingerprint density at radius 3 is 2.17 bits per heavy atom. The molecule has 0 radical (unpaired) electrons. The van der Waals surface area contributed by atoms with E-state index in [1.54, 1.807) is 26.2 Å². The number of rotatable bonds is 5. The Kier molecular flexibility index (Phi) is 4.71. The standard InChI is InChI=1S/C13H17NO4/c1-14(2)12(16)7-10(8-13(17)18)9-3-5-11(15)6-4-9/h3-6,10,15H,7-8H2,1-2H3,(H,17,18). The van der Waals surface area contributed by atoms with E-state index in [9.17, 15) is 14.7 Å². The molecule has 1 amide bonds. The van der Waals surface area contributed by atoms with E-state index in [-0.39, 0.29) is 30.4 Å². The predicted molar refractivity (Wildman–Crippen MR) is 66.4 cm³/mol. The molecule has 98 valence electrons. The molecule has 1 aromatic carbocycles. The van der Waals surface area contributed by atoms with Crippen LogP contribution >= 0.6 is 0 Å². The van der Waals surface area contributed by atoms with Gasteiger partial charge in [0, 0.05) is 26.4 Å². The van der Waals surface area contributed by atoms with Gasteiger partial charge in [0.2, 0.25) is 5.91 Å². The van der Waals surface area contributed by atoms with Gasteiger partial charge >= 0.3 is 5.97 Å². The first kappa shape index (κ1) is 14.0. The zero-order chi connectivity index (χ0) is 13.7. The lowest BCUT2D eigenvalue weighted by Crippen LogP contribution is -2.24. The minimum atomic E-state index is -0.945. The molecule has 0 bridgehead atoms. The molecule has 1 atom stereocenters. The molecule has 0 saturated carbocycles. The molecule has 1 unspecified atom stereocenters. The maximum absolute atomic E-state index is 11.7. The van der Waals surface area contributed by atoms with Gasteiger partial charge in [-0.1, -0.05) is 12.1 Å². The van der Waals surface area contributed by atoms with Crippen LogP contribution < -0.4 is 0 Å². The van der Waals surface area contributed by atoms with E-state index in [1.807, 2.05) is 0 Å². The summed E-state index contributed by atoms with van der Waals surface area (Å²) in [4.78, 5) is 23.9. The summed E-state index contributed by atoms with van der Waals surface area (Å²) in [5.74, 6) is -1.32. The summed E-state index contributed by atoms with van der Waals surface area (Å²) in [6.07, 6.45) is 0.0361. The first-order valence-electron chi connectivity index (χ1n) is 5.61. The van der Waals surface area contributed by atoms with Crippen LogP contribution in [0.15, 0.2) is 24.3 Å². The van der Waals surface area contributed by atoms with Crippen LogP contribution in [0, 0.1) is 0 Å². The Labute approximate surface area is 106 Å². The third-order valence-electron chi connectivity index (χ3n) is 2.71. The Bertz CT molecular complexity index is 425. The molecule has 0 aliphatic heterocycles. The van der Waals surface area contributed by atoms with Crippen molar-refractivity contribution in [2.24, 2.45) is 0 Å². The number of hydrogen-bond acceptors (Lipinski definition) is 3. The van der Waals surface area contributed by atoms with Crippen LogP contribution in [-0.2, 0) is 9.59 Å². The average Bonchev–Trinajstić information content (AvgIpc) is 2.28. The second kappa shape index (κ2) is 6.05. The van der Waals surface area contributed by atoms with Crippen molar-refractivity contribution in [3.63, 3.8) is 0 Å². The number of nitrogens with zero attached hydrogens (tertiary/aromatic N) is 1. The number of aliphatic carboxylic acids is 1. The Balaban J connectivity index is 2.87. The van der Waals surface area contributed by atoms with Crippen LogP contribution in [0.3, 0.4) is 0 Å². The van der Waals surface area contributed by atoms with E-state index < -0.39 is 5.97 Å². The van der Waals surface area contributed by atoms with Crippen molar-refractivity contribution in [2.75, 3.05) is 14.1 Å². The molecule has 0 aliphatic rings. The van der Waals surface area contributed by atoms with Crippen molar-refractivity contribution >= 4 is 11.9 Å². The third kappa shape index (κ3) is 4.08. The number of aromatic hydroxyl groups is 1. The molecule has 2 N–H and O–H groups in total. The number of carbonyl (C=O) groups is 2. The van der Waals surface area contributed by atoms with Gasteiger partial charge < -0.3 is 15.1 Å². The largest absolute Gasteiger partial charge is 0.508 e. The topological polar surface area (TPSA) is 77.8 Å². The number of carboxylic acids is 1. The minimum Gasteiger partial charge on any atom is -0.508 e. The summed E-state index contributed by atoms with van der Waals surface area (Å²) in [5, 5.41) is 18.1. The second-order valence-corrected chi connectivity index (χ2v) is 4.38. The first-order valence-corrected chi connectivity index (χ1v) is 5.61. The number of carboxylic acid groups (broad SMARTS) is 1. The highest BCUT2D eigenvalue weighted by molar-refractivity contribution is 5.78. The van der Waals surface area contributed by atoms with Crippen LogP contribution in [0.1, 0.15) is 24.3 Å². The summed E-state index contributed by atoms with van der Waals surface area (Å²) in [7, 11) is 3.27. The zero-order valence-corrected chi connectivity index (χ0v) is 10.5. The number of benzene rings is 1. The normalized spacial score (nSPS) is 11.9. The molecule has 0 heterocycles. The SMILES string of the molecule is CN(C)C(=O)CC(CC(=O)O)c1ccc(O)cc1. The summed E-state index contributed by atoms with van der Waals surface area (Å²) >= 11 is 0. The number of carbonyl (C=O) groups excluding carboxylic acids is 1. The van der Waals surface area contributed by atoms with Crippen LogP contribution in [0.5, 0.6) is 5.75 Å². The van der Waals surface area contributed by atoms with Crippen molar-refractivity contribution in [3.05, 3.63) is 29.8 Å². The number of phenols is 1. The predicted octanol–water partition coefficient (Wildman–Crippen LogP) is 1.43. The molecule has 5 heteroatoms. The Hall–Kier alpha value is -2.04. The summed E-state index contributed by atoms with van der Waals surface area (Å²) in [5.41, 5.74) is 0.741. The summed E-state index contributed by atoms with van der Waals surface area (Å²) in [6.45, 7) is 0. The van der Waals surface area contributed by atoms with Gasteiger partial charge in [0.25, 0.3) is 0 Å². The van der Waals surface area contributed by atoms with Gasteiger partial charge in [0.05, 0.1) is 6.42 Å². The minimum absolute atomic E-state index is 0.107. The fraction of sp³-hybridized carbons (Fsp3) is 0.385. The maximum atomic E-state index is 11.7. The molecule has 1 aromatic rings. The lowest BCUT2D eigenvalue weighted by atomic mass is 9.92. The van der Waals surface area contributed by atoms with E-state index in [0.717, 1.165) is 5.56 Å². The van der Waals surface area contributed by atoms with Crippen LogP contribution in [0.4, 0.5) is 0 Å². The van der Waals surface area contributed by atoms with E-state index in [1.165, 1.54) is 17.0 Å². The van der Waals surface area contributed by atoms with E-state index in [4.69, 9.17) is 5.11 Å². The molecule has 0 spiro atoms. The highest BCUT2D eigenvalue weighted by Crippen LogP contribution is 2.25. The van der Waals surface area contributed by atoms with Crippen molar-refractivity contribution < 1.29 is 19.8 Å². The van der Waals surface area contributed by atoms with E-state index in [2.05, 4.69) is 0 Å². The molecule has 0 saturated heterocycles. The maximum Gasteiger partial charge on any atom is 0.303 e. The Morgan fingerprint density at radius 1 is 1.17 bits per heavy atom. The number of hydrogen-bond donors (Lipinski definition) is 2. The molecule has 0 fully saturated rings. The smallest absolute Gasteiger partial charge is 0.303 e. The molecule has 18 heavy (non-hydrogen) atoms. The third-order valence-corrected chi connectivity index (χ3v) is 2.71. The molecule has 0 aromatic heterocycles. The highest BCUT2D eigenvalue weighted by Gasteiger charge is 2.20. The lowest BCUT2D eigenvalue weighted by Gasteiger charge is -2.18. The lowest BCUT2D eigenvalue weighted by molar-refractivity contribution is -0.137. The van der Waals surface area contributed by atoms with Crippen molar-refractivity contribution in [3.8, 4) is 5.75 Å². The van der Waals surface area contributed by atoms with Crippen molar-refractivity contribution in [1.29, 1.82) is 0 Å². The zero-order valence-electron chi connectivity index (χ0n) is 10.5. The van der Waals surface area contributed by atoms with Crippen LogP contribution in [0.2, 0.25) is 0 Å². The van der Waals surface area contributed by atoms with Gasteiger partial charge in [-0.2, -0.15) is 0 Å². The Morgan fingerprint density at radius 2 is 1.72 bits per heavy atom. The van der Waals surface area contributed by atoms with Gasteiger partial charge in [-0.25, -0.2) is 0 Å². The molecule has 1 rings (SSSR count). The van der Waals surface area contributed by atoms with Gasteiger partial charge in [0.15, 0.2) is 0 Å². The quantitative estimate of drug-likeness (QED) is 0.829. The van der Waals surface area contributed by atoms with Gasteiger partial charge in [-0.15, -0.1) is 0 Å². The molecule has 0 aliphatic carbocycles. The fourth-order valence-electron chi connectivity index (χ4n) is 1.66. The average molecular weight is 251 g/mol. The van der Waals surface area contributed by atoms with Gasteiger partial charge in [-0.3, -0.25) is 9.59 Å². The van der Waals surface area contributed by atoms with Crippen molar-refractivity contribution in [2.45, 2.75) is 18.8 Å². The van der Waals surface area contributed by atoms with Crippen molar-refractivity contribution in [1.82, 2.24) is 4.90 Å². The molecule has 5 nitrogen and oxygen atoms in total. The van der Waals surface area contributed by atoms with E-state index >= 15 is 0 Å². The summed E-state index contributed by atoms with van der Waals surface area (Å²) in [6, 6.07) is 6.27. The molecular formula is C13H17NO4. The van der Waals surface area contributed by atoms with Gasteiger partial charge in [0.1, 0.15) is 5.75 Å². The monoisotopic (exact) mass is 251 g/mol. The first-order chi connectivity index (χ1) is 8.40. The highest BCUT2D eigenvalue weighted by atomic mass is 16.4. The number of amides is 1. The van der Waals surface area contributed by atoms with E-state index in [0.29, 0.717) is 0 Å². The fourth-order valence-corrected chi connectivity index (χ4v) is 1.66. The molecular weight excluding hydrogens is 234 g/mol. The number of phenolic OH excluding ortho intramolecular Hbond substituents is 1.